The van der Waals surface area contributed by atoms with E-state index in [0.29, 0.717) is 87.2 Å². The largest absolute Gasteiger partial charge is 0.611 e. The molecule has 57 heavy (non-hydrogen) atoms. The minimum Gasteiger partial charge on any atom is -0.611 e. The Morgan fingerprint density at radius 1 is 0.842 bits per heavy atom. The van der Waals surface area contributed by atoms with E-state index in [2.05, 4.69) is 15.0 Å². The van der Waals surface area contributed by atoms with Gasteiger partial charge in [-0.3, -0.25) is 0 Å². The Morgan fingerprint density at radius 3 is 1.98 bits per heavy atom. The molecule has 7 aromatic heterocycles. The highest BCUT2D eigenvalue weighted by molar-refractivity contribution is 8.32. The molecule has 3 atom stereocenters. The van der Waals surface area contributed by atoms with Gasteiger partial charge in [0, 0.05) is 95.3 Å². The number of thiol groups is 1. The topological polar surface area (TPSA) is 203 Å². The van der Waals surface area contributed by atoms with Gasteiger partial charge in [-0.2, -0.15) is 15.3 Å². The van der Waals surface area contributed by atoms with Gasteiger partial charge >= 0.3 is 0 Å². The van der Waals surface area contributed by atoms with Crippen molar-refractivity contribution in [2.45, 2.75) is 21.1 Å². The normalized spacial score (nSPS) is 16.2. The molecule has 0 aromatic carbocycles. The van der Waals surface area contributed by atoms with E-state index in [-0.39, 0.29) is 5.75 Å². The van der Waals surface area contributed by atoms with E-state index in [1.807, 2.05) is 47.7 Å². The van der Waals surface area contributed by atoms with E-state index in [1.54, 1.807) is 32.8 Å². The first kappa shape index (κ1) is 39.9. The summed E-state index contributed by atoms with van der Waals surface area (Å²) < 4.78 is 57.2. The molecule has 0 bridgehead atoms. The molecule has 0 spiro atoms. The number of aryl methyl sites for hydroxylation is 1. The summed E-state index contributed by atoms with van der Waals surface area (Å²) in [5.74, 6) is 1.82. The maximum atomic E-state index is 15.3. The summed E-state index contributed by atoms with van der Waals surface area (Å²) in [7, 11) is 5.57. The quantitative estimate of drug-likeness (QED) is 0.0608. The van der Waals surface area contributed by atoms with Crippen LogP contribution in [0.2, 0.25) is 0 Å². The molecule has 8 heterocycles. The number of methoxy groups -OCH3 is 2. The van der Waals surface area contributed by atoms with Gasteiger partial charge in [-0.1, -0.05) is 22.7 Å². The number of nitrogens with two attached hydrogens (primary N) is 2. The summed E-state index contributed by atoms with van der Waals surface area (Å²) >= 11 is 1.22. The van der Waals surface area contributed by atoms with Crippen LogP contribution in [0.1, 0.15) is 17.3 Å². The van der Waals surface area contributed by atoms with Gasteiger partial charge < -0.3 is 39.2 Å². The van der Waals surface area contributed by atoms with Crippen LogP contribution in [0, 0.1) is 6.92 Å². The Hall–Kier alpha value is -3.90. The van der Waals surface area contributed by atoms with Crippen molar-refractivity contribution in [3.63, 3.8) is 0 Å². The number of aliphatic imine (C=N–C) groups is 1. The average Bonchev–Trinajstić information content (AvgIpc) is 4.07. The number of thiophene rings is 2. The second-order valence-corrected chi connectivity index (χ2v) is 21.2. The summed E-state index contributed by atoms with van der Waals surface area (Å²) in [6.07, 6.45) is 5.25. The van der Waals surface area contributed by atoms with E-state index >= 15 is 4.39 Å². The van der Waals surface area contributed by atoms with Crippen LogP contribution < -0.4 is 11.5 Å². The highest BCUT2D eigenvalue weighted by atomic mass is 32.2. The Labute approximate surface area is 347 Å². The van der Waals surface area contributed by atoms with Gasteiger partial charge in [0.2, 0.25) is 14.4 Å². The number of rotatable bonds is 14. The molecule has 3 unspecified atom stereocenters. The lowest BCUT2D eigenvalue weighted by Gasteiger charge is -2.17. The van der Waals surface area contributed by atoms with Crippen LogP contribution in [0.3, 0.4) is 0 Å². The minimum atomic E-state index is -1.42. The van der Waals surface area contributed by atoms with E-state index in [0.717, 1.165) is 33.3 Å². The molecular formula is C36H37FN10O4S6. The number of hydrogen-bond donors (Lipinski definition) is 3. The van der Waals surface area contributed by atoms with Crippen molar-refractivity contribution in [3.05, 3.63) is 64.8 Å². The first-order valence-electron chi connectivity index (χ1n) is 17.3. The zero-order valence-corrected chi connectivity index (χ0v) is 36.3. The molecule has 0 amide bonds. The van der Waals surface area contributed by atoms with E-state index in [9.17, 15) is 9.11 Å². The number of imidazole rings is 2. The van der Waals surface area contributed by atoms with Crippen LogP contribution in [0.15, 0.2) is 60.9 Å². The van der Waals surface area contributed by atoms with Gasteiger partial charge in [0.1, 0.15) is 59.9 Å². The average molecular weight is 885 g/mol. The fourth-order valence-corrected chi connectivity index (χ4v) is 14.1. The smallest absolute Gasteiger partial charge is 0.232 e. The fourth-order valence-electron chi connectivity index (χ4n) is 6.48. The summed E-state index contributed by atoms with van der Waals surface area (Å²) in [4.78, 5) is 29.3. The molecule has 1 aliphatic rings. The van der Waals surface area contributed by atoms with Gasteiger partial charge in [0.15, 0.2) is 0 Å². The molecule has 1 aliphatic heterocycles. The molecule has 0 saturated heterocycles. The molecule has 7 aromatic rings. The van der Waals surface area contributed by atoms with Gasteiger partial charge in [0.05, 0.1) is 42.7 Å². The first-order valence-corrected chi connectivity index (χ1v) is 24.1. The Balaban J connectivity index is 1.19. The van der Waals surface area contributed by atoms with Crippen molar-refractivity contribution in [2.75, 3.05) is 50.4 Å². The van der Waals surface area contributed by atoms with Crippen LogP contribution >= 0.6 is 44.9 Å². The maximum absolute atomic E-state index is 15.3. The standard InChI is InChI=1S/C36H37FN10O4S6/c1-18-41-14-23(46(18)2)20-13-22(44-33-28(20)30(39)36(54-33)57(49)11-8-51-5)34-45-25(37)16-55(34)17-26-42-15-24(47(26)3)19-12-21(31-40-6-9-52-31)43-32-27(19)29(38)35(53-32)56(48)10-7-50-4/h6,9,12-16,55H,7-8,10-11,17,38-39H2,1-5H3. The third-order valence-corrected chi connectivity index (χ3v) is 18.0. The lowest BCUT2D eigenvalue weighted by molar-refractivity contribution is 0.217. The van der Waals surface area contributed by atoms with Gasteiger partial charge in [-0.05, 0) is 19.1 Å². The molecule has 0 aliphatic carbocycles. The van der Waals surface area contributed by atoms with E-state index in [1.165, 1.54) is 39.4 Å². The Morgan fingerprint density at radius 2 is 1.42 bits per heavy atom. The van der Waals surface area contributed by atoms with Crippen molar-refractivity contribution >= 4 is 104 Å². The summed E-state index contributed by atoms with van der Waals surface area (Å²) in [6, 6.07) is 3.81. The van der Waals surface area contributed by atoms with Gasteiger partial charge in [-0.15, -0.1) is 11.3 Å². The third-order valence-electron chi connectivity index (χ3n) is 9.49. The van der Waals surface area contributed by atoms with E-state index in [4.69, 9.17) is 35.9 Å². The molecule has 21 heteroatoms. The summed E-state index contributed by atoms with van der Waals surface area (Å²) in [6.45, 7) is 2.54. The maximum Gasteiger partial charge on any atom is 0.232 e. The number of pyridine rings is 2. The predicted octanol–water partition coefficient (Wildman–Crippen LogP) is 6.54. The van der Waals surface area contributed by atoms with Gasteiger partial charge in [-0.25, -0.2) is 29.9 Å². The number of anilines is 2. The number of aromatic nitrogens is 7. The highest BCUT2D eigenvalue weighted by Crippen LogP contribution is 2.48. The number of hydrogen-bond acceptors (Lipinski definition) is 15. The van der Waals surface area contributed by atoms with Crippen molar-refractivity contribution in [1.82, 2.24) is 34.1 Å². The monoisotopic (exact) mass is 884 g/mol. The molecule has 0 radical (unpaired) electrons. The lowest BCUT2D eigenvalue weighted by Crippen LogP contribution is -2.11. The summed E-state index contributed by atoms with van der Waals surface area (Å²) in [5, 5.41) is 6.00. The van der Waals surface area contributed by atoms with Crippen LogP contribution in [0.4, 0.5) is 15.8 Å². The molecule has 8 rings (SSSR count). The number of thiazole rings is 1. The number of fused-ring (bicyclic) bond motifs is 2. The molecule has 0 fully saturated rings. The third kappa shape index (κ3) is 7.38. The van der Waals surface area contributed by atoms with Crippen LogP contribution in [-0.2, 0) is 51.7 Å². The summed E-state index contributed by atoms with van der Waals surface area (Å²) in [5.41, 5.74) is 18.4. The Kier molecular flexibility index (Phi) is 11.5. The SMILES string of the molecule is COCC[S+]([O-])c1sc2nc(C3=NC(F)=C[SH]3Cc3ncc(-c4cc(-c5nccs5)nc5sc([S+]([O-])CCOC)c(N)c45)n3C)cc(-c3cnc(C)n3C)c2c1N. The number of halogens is 1. The molecule has 0 saturated carbocycles. The zero-order chi connectivity index (χ0) is 40.1. The fraction of sp³-hybridized carbons (Fsp3) is 0.278. The number of nitrogen functional groups attached to an aromatic ring is 2. The molecular weight excluding hydrogens is 848 g/mol. The Bertz CT molecular complexity index is 2690. The first-order chi connectivity index (χ1) is 27.5. The minimum absolute atomic E-state index is 0.282. The lowest BCUT2D eigenvalue weighted by atomic mass is 10.1. The zero-order valence-electron chi connectivity index (χ0n) is 31.3. The van der Waals surface area contributed by atoms with E-state index < -0.39 is 39.2 Å². The van der Waals surface area contributed by atoms with Crippen molar-refractivity contribution < 1.29 is 23.0 Å². The van der Waals surface area contributed by atoms with Gasteiger partial charge in [0.25, 0.3) is 0 Å². The molecule has 298 valence electrons. The number of ether oxygens (including phenoxy) is 2. The number of nitrogens with zero attached hydrogens (tertiary/aromatic N) is 8. The molecule has 14 nitrogen and oxygen atoms in total. The second-order valence-electron chi connectivity index (χ2n) is 12.9. The highest BCUT2D eigenvalue weighted by Gasteiger charge is 2.31. The van der Waals surface area contributed by atoms with Crippen LogP contribution in [0.25, 0.3) is 53.6 Å². The van der Waals surface area contributed by atoms with Crippen molar-refractivity contribution in [2.24, 2.45) is 19.1 Å². The van der Waals surface area contributed by atoms with Crippen molar-refractivity contribution in [3.8, 4) is 33.2 Å². The predicted molar refractivity (Wildman–Crippen MR) is 233 cm³/mol. The van der Waals surface area contributed by atoms with Crippen molar-refractivity contribution in [1.29, 1.82) is 0 Å². The van der Waals surface area contributed by atoms with Crippen LogP contribution in [-0.4, -0.2) is 87.1 Å². The molecule has 4 N–H and O–H groups in total. The van der Waals surface area contributed by atoms with Crippen LogP contribution in [0.5, 0.6) is 0 Å². The second kappa shape index (κ2) is 16.4.